The highest BCUT2D eigenvalue weighted by atomic mass is 31.2. The van der Waals surface area contributed by atoms with Crippen molar-refractivity contribution in [2.75, 3.05) is 25.1 Å². The van der Waals surface area contributed by atoms with Gasteiger partial charge in [0.1, 0.15) is 22.6 Å². The highest BCUT2D eigenvalue weighted by Gasteiger charge is 2.15. The number of hydrogen-bond donors (Lipinski definition) is 4. The molecular formula is C16H21N4O4P. The highest BCUT2D eigenvalue weighted by molar-refractivity contribution is 7.51. The third kappa shape index (κ3) is 3.92. The van der Waals surface area contributed by atoms with Crippen molar-refractivity contribution >= 4 is 35.3 Å². The van der Waals surface area contributed by atoms with Crippen molar-refractivity contribution in [3.05, 3.63) is 24.0 Å². The zero-order valence-electron chi connectivity index (χ0n) is 14.1. The van der Waals surface area contributed by atoms with E-state index in [1.54, 1.807) is 7.11 Å². The molecule has 0 radical (unpaired) electrons. The van der Waals surface area contributed by atoms with Crippen LogP contribution in [0, 0.1) is 0 Å². The van der Waals surface area contributed by atoms with Crippen LogP contribution in [0.1, 0.15) is 19.2 Å². The smallest absolute Gasteiger partial charge is 0.325 e. The first-order chi connectivity index (χ1) is 11.9. The number of methoxy groups -OCH3 is 1. The van der Waals surface area contributed by atoms with Crippen LogP contribution in [-0.4, -0.2) is 44.6 Å². The molecule has 0 atom stereocenters. The Morgan fingerprint density at radius 2 is 2.12 bits per heavy atom. The molecule has 1 aromatic carbocycles. The lowest BCUT2D eigenvalue weighted by Crippen LogP contribution is -2.08. The molecule has 4 N–H and O–H groups in total. The van der Waals surface area contributed by atoms with Gasteiger partial charge < -0.3 is 24.8 Å². The monoisotopic (exact) mass is 364 g/mol. The molecule has 2 aromatic heterocycles. The number of H-pyrrole nitrogens is 1. The van der Waals surface area contributed by atoms with Gasteiger partial charge in [0, 0.05) is 24.4 Å². The molecule has 0 saturated carbocycles. The average Bonchev–Trinajstić information content (AvgIpc) is 2.95. The quantitative estimate of drug-likeness (QED) is 0.376. The number of aromatic amines is 1. The van der Waals surface area contributed by atoms with E-state index < -0.39 is 7.60 Å². The van der Waals surface area contributed by atoms with Crippen molar-refractivity contribution in [2.24, 2.45) is 0 Å². The third-order valence-corrected chi connectivity index (χ3v) is 4.83. The first-order valence-corrected chi connectivity index (χ1v) is 9.86. The Morgan fingerprint density at radius 1 is 1.32 bits per heavy atom. The fourth-order valence-electron chi connectivity index (χ4n) is 2.69. The van der Waals surface area contributed by atoms with E-state index in [0.29, 0.717) is 31.0 Å². The third-order valence-electron chi connectivity index (χ3n) is 3.93. The maximum atomic E-state index is 11.0. The van der Waals surface area contributed by atoms with Gasteiger partial charge in [-0.15, -0.1) is 0 Å². The van der Waals surface area contributed by atoms with Gasteiger partial charge >= 0.3 is 7.60 Å². The molecule has 0 aliphatic carbocycles. The van der Waals surface area contributed by atoms with Gasteiger partial charge in [0.15, 0.2) is 5.82 Å². The van der Waals surface area contributed by atoms with Gasteiger partial charge in [0.05, 0.1) is 18.8 Å². The maximum absolute atomic E-state index is 11.0. The predicted molar refractivity (Wildman–Crippen MR) is 97.3 cm³/mol. The standard InChI is InChI=1S/C16H21N4O4P/c1-3-13-19-14-11-6-5-10(24-2)9-12(11)18-15(14)16(20-13)17-7-4-8-25(21,22)23/h5-6,9,18H,3-4,7-8H2,1-2H3,(H,17,19,20)(H2,21,22,23). The Balaban J connectivity index is 1.97. The predicted octanol–water partition coefficient (Wildman–Crippen LogP) is 2.66. The van der Waals surface area contributed by atoms with Crippen LogP contribution in [0.15, 0.2) is 18.2 Å². The van der Waals surface area contributed by atoms with E-state index in [0.717, 1.165) is 27.7 Å². The first kappa shape index (κ1) is 17.7. The summed E-state index contributed by atoms with van der Waals surface area (Å²) in [5.74, 6) is 2.10. The van der Waals surface area contributed by atoms with E-state index in [4.69, 9.17) is 14.5 Å². The summed E-state index contributed by atoms with van der Waals surface area (Å²) in [7, 11) is -2.36. The molecule has 9 heteroatoms. The van der Waals surface area contributed by atoms with E-state index in [9.17, 15) is 4.57 Å². The average molecular weight is 364 g/mol. The van der Waals surface area contributed by atoms with Crippen molar-refractivity contribution in [1.82, 2.24) is 15.0 Å². The van der Waals surface area contributed by atoms with Gasteiger partial charge in [0.2, 0.25) is 0 Å². The zero-order chi connectivity index (χ0) is 18.0. The van der Waals surface area contributed by atoms with Crippen molar-refractivity contribution in [3.8, 4) is 5.75 Å². The summed E-state index contributed by atoms with van der Waals surface area (Å²) >= 11 is 0. The Bertz CT molecular complexity index is 950. The number of anilines is 1. The van der Waals surface area contributed by atoms with Crippen molar-refractivity contribution in [3.63, 3.8) is 0 Å². The van der Waals surface area contributed by atoms with Crippen LogP contribution in [0.3, 0.4) is 0 Å². The lowest BCUT2D eigenvalue weighted by molar-refractivity contribution is 0.372. The van der Waals surface area contributed by atoms with Gasteiger partial charge in [-0.1, -0.05) is 6.92 Å². The Kier molecular flexibility index (Phi) is 4.94. The van der Waals surface area contributed by atoms with Crippen LogP contribution in [0.25, 0.3) is 21.9 Å². The Morgan fingerprint density at radius 3 is 2.80 bits per heavy atom. The van der Waals surface area contributed by atoms with E-state index in [2.05, 4.69) is 20.3 Å². The molecule has 2 heterocycles. The molecule has 0 amide bonds. The molecule has 8 nitrogen and oxygen atoms in total. The van der Waals surface area contributed by atoms with Gasteiger partial charge in [-0.2, -0.15) is 0 Å². The van der Waals surface area contributed by atoms with Crippen molar-refractivity contribution in [2.45, 2.75) is 19.8 Å². The molecule has 0 fully saturated rings. The molecule has 134 valence electrons. The minimum Gasteiger partial charge on any atom is -0.497 e. The number of hydrogen-bond acceptors (Lipinski definition) is 5. The second kappa shape index (κ2) is 7.00. The summed E-state index contributed by atoms with van der Waals surface area (Å²) < 4.78 is 16.2. The van der Waals surface area contributed by atoms with Gasteiger partial charge in [-0.25, -0.2) is 9.97 Å². The molecule has 0 saturated heterocycles. The van der Waals surface area contributed by atoms with Crippen LogP contribution < -0.4 is 10.1 Å². The zero-order valence-corrected chi connectivity index (χ0v) is 15.0. The largest absolute Gasteiger partial charge is 0.497 e. The minimum atomic E-state index is -3.98. The van der Waals surface area contributed by atoms with Crippen molar-refractivity contribution < 1.29 is 19.1 Å². The summed E-state index contributed by atoms with van der Waals surface area (Å²) in [5.41, 5.74) is 2.49. The summed E-state index contributed by atoms with van der Waals surface area (Å²) in [6.07, 6.45) is 0.889. The number of aryl methyl sites for hydroxylation is 1. The number of benzene rings is 1. The van der Waals surface area contributed by atoms with Gasteiger partial charge in [-0.05, 0) is 18.6 Å². The fraction of sp³-hybridized carbons (Fsp3) is 0.375. The van der Waals surface area contributed by atoms with Gasteiger partial charge in [0.25, 0.3) is 0 Å². The normalized spacial score (nSPS) is 12.0. The summed E-state index contributed by atoms with van der Waals surface area (Å²) in [6.45, 7) is 2.40. The fourth-order valence-corrected chi connectivity index (χ4v) is 3.26. The van der Waals surface area contributed by atoms with E-state index >= 15 is 0 Å². The van der Waals surface area contributed by atoms with Crippen LogP contribution >= 0.6 is 7.60 Å². The number of fused-ring (bicyclic) bond motifs is 3. The van der Waals surface area contributed by atoms with Crippen LogP contribution in [0.4, 0.5) is 5.82 Å². The van der Waals surface area contributed by atoms with Gasteiger partial charge in [-0.3, -0.25) is 4.57 Å². The number of aromatic nitrogens is 3. The molecule has 0 aliphatic rings. The number of nitrogens with zero attached hydrogens (tertiary/aromatic N) is 2. The molecule has 0 spiro atoms. The Hall–Kier alpha value is -2.15. The highest BCUT2D eigenvalue weighted by Crippen LogP contribution is 2.35. The maximum Gasteiger partial charge on any atom is 0.325 e. The summed E-state index contributed by atoms with van der Waals surface area (Å²) in [5, 5.41) is 4.15. The van der Waals surface area contributed by atoms with Crippen LogP contribution in [-0.2, 0) is 11.0 Å². The molecule has 0 unspecified atom stereocenters. The second-order valence-corrected chi connectivity index (χ2v) is 7.55. The molecule has 3 rings (SSSR count). The lowest BCUT2D eigenvalue weighted by Gasteiger charge is -2.09. The van der Waals surface area contributed by atoms with E-state index in [1.807, 2.05) is 25.1 Å². The summed E-state index contributed by atoms with van der Waals surface area (Å²) in [4.78, 5) is 30.3. The molecular weight excluding hydrogens is 343 g/mol. The van der Waals surface area contributed by atoms with E-state index in [1.165, 1.54) is 0 Å². The van der Waals surface area contributed by atoms with Crippen molar-refractivity contribution in [1.29, 1.82) is 0 Å². The Labute approximate surface area is 144 Å². The molecule has 0 aliphatic heterocycles. The lowest BCUT2D eigenvalue weighted by atomic mass is 10.2. The number of rotatable bonds is 7. The number of nitrogens with one attached hydrogen (secondary N) is 2. The molecule has 25 heavy (non-hydrogen) atoms. The second-order valence-electron chi connectivity index (χ2n) is 5.77. The molecule has 0 bridgehead atoms. The minimum absolute atomic E-state index is 0.154. The number of ether oxygens (including phenoxy) is 1. The first-order valence-electron chi connectivity index (χ1n) is 8.06. The SMILES string of the molecule is CCc1nc(NCCCP(=O)(O)O)c2[nH]c3cc(OC)ccc3c2n1. The molecule has 3 aromatic rings. The van der Waals surface area contributed by atoms with Crippen LogP contribution in [0.5, 0.6) is 5.75 Å². The van der Waals surface area contributed by atoms with Crippen LogP contribution in [0.2, 0.25) is 0 Å². The topological polar surface area (TPSA) is 120 Å². The summed E-state index contributed by atoms with van der Waals surface area (Å²) in [6, 6.07) is 5.74. The van der Waals surface area contributed by atoms with E-state index in [-0.39, 0.29) is 6.16 Å².